The second-order valence-corrected chi connectivity index (χ2v) is 7.49. The maximum atomic E-state index is 12.6. The van der Waals surface area contributed by atoms with Crippen LogP contribution < -0.4 is 5.73 Å². The first-order valence-electron chi connectivity index (χ1n) is 8.35. The van der Waals surface area contributed by atoms with Crippen molar-refractivity contribution in [2.24, 2.45) is 23.0 Å². The normalized spacial score (nSPS) is 39.8. The Morgan fingerprint density at radius 3 is 2.48 bits per heavy atom. The molecule has 21 heavy (non-hydrogen) atoms. The summed E-state index contributed by atoms with van der Waals surface area (Å²) < 4.78 is 11.2. The molecule has 2 fully saturated rings. The van der Waals surface area contributed by atoms with Crippen molar-refractivity contribution in [2.75, 3.05) is 7.11 Å². The van der Waals surface area contributed by atoms with Crippen molar-refractivity contribution in [3.05, 3.63) is 0 Å². The second-order valence-electron chi connectivity index (χ2n) is 7.49. The highest BCUT2D eigenvalue weighted by molar-refractivity contribution is 5.73. The van der Waals surface area contributed by atoms with Crippen LogP contribution in [0, 0.1) is 17.3 Å². The van der Waals surface area contributed by atoms with Crippen LogP contribution in [0.25, 0.3) is 0 Å². The van der Waals surface area contributed by atoms with Crippen LogP contribution in [0.15, 0.2) is 0 Å². The van der Waals surface area contributed by atoms with Crippen molar-refractivity contribution in [2.45, 2.75) is 77.5 Å². The van der Waals surface area contributed by atoms with Gasteiger partial charge in [0.2, 0.25) is 0 Å². The van der Waals surface area contributed by atoms with Gasteiger partial charge in [-0.3, -0.25) is 4.79 Å². The van der Waals surface area contributed by atoms with Crippen LogP contribution in [0.4, 0.5) is 0 Å². The van der Waals surface area contributed by atoms with Crippen LogP contribution in [0.2, 0.25) is 0 Å². The molecule has 0 aromatic rings. The number of hydrogen-bond acceptors (Lipinski definition) is 4. The predicted octanol–water partition coefficient (Wildman–Crippen LogP) is 2.89. The first-order chi connectivity index (χ1) is 9.86. The number of hydrogen-bond donors (Lipinski definition) is 1. The van der Waals surface area contributed by atoms with Crippen molar-refractivity contribution in [3.8, 4) is 0 Å². The van der Waals surface area contributed by atoms with E-state index in [0.29, 0.717) is 5.92 Å². The Labute approximate surface area is 128 Å². The third kappa shape index (κ3) is 3.59. The lowest BCUT2D eigenvalue weighted by Gasteiger charge is -2.46. The van der Waals surface area contributed by atoms with E-state index in [1.165, 1.54) is 0 Å². The van der Waals surface area contributed by atoms with Gasteiger partial charge < -0.3 is 15.2 Å². The van der Waals surface area contributed by atoms with Crippen LogP contribution in [0.3, 0.4) is 0 Å². The second kappa shape index (κ2) is 6.66. The summed E-state index contributed by atoms with van der Waals surface area (Å²) in [4.78, 5) is 12.6. The molecule has 0 aromatic heterocycles. The molecule has 0 heterocycles. The number of carbonyl (C=O) groups excluding carboxylic acids is 1. The quantitative estimate of drug-likeness (QED) is 0.814. The zero-order chi connectivity index (χ0) is 15.6. The average Bonchev–Trinajstić information content (AvgIpc) is 2.45. The van der Waals surface area contributed by atoms with Gasteiger partial charge in [-0.15, -0.1) is 0 Å². The van der Waals surface area contributed by atoms with E-state index >= 15 is 0 Å². The Morgan fingerprint density at radius 1 is 1.14 bits per heavy atom. The van der Waals surface area contributed by atoms with Crippen molar-refractivity contribution in [3.63, 3.8) is 0 Å². The molecule has 0 saturated heterocycles. The van der Waals surface area contributed by atoms with Gasteiger partial charge in [-0.25, -0.2) is 0 Å². The molecular weight excluding hydrogens is 266 g/mol. The molecule has 2 aliphatic rings. The van der Waals surface area contributed by atoms with Crippen LogP contribution in [-0.2, 0) is 14.3 Å². The summed E-state index contributed by atoms with van der Waals surface area (Å²) in [6.07, 6.45) is 5.98. The van der Waals surface area contributed by atoms with E-state index in [9.17, 15) is 4.79 Å². The minimum absolute atomic E-state index is 0.0258. The zero-order valence-electron chi connectivity index (χ0n) is 13.9. The van der Waals surface area contributed by atoms with Crippen molar-refractivity contribution >= 4 is 5.97 Å². The maximum absolute atomic E-state index is 12.6. The monoisotopic (exact) mass is 297 g/mol. The van der Waals surface area contributed by atoms with E-state index in [1.54, 1.807) is 7.11 Å². The molecule has 0 spiro atoms. The molecule has 5 unspecified atom stereocenters. The summed E-state index contributed by atoms with van der Waals surface area (Å²) in [5, 5.41) is 0. The zero-order valence-corrected chi connectivity index (χ0v) is 13.9. The highest BCUT2D eigenvalue weighted by Crippen LogP contribution is 2.45. The summed E-state index contributed by atoms with van der Waals surface area (Å²) in [7, 11) is 1.74. The van der Waals surface area contributed by atoms with E-state index in [0.717, 1.165) is 38.5 Å². The van der Waals surface area contributed by atoms with E-state index < -0.39 is 0 Å². The Balaban J connectivity index is 1.96. The minimum atomic E-state index is -0.0932. The van der Waals surface area contributed by atoms with Gasteiger partial charge in [0.05, 0.1) is 12.0 Å². The summed E-state index contributed by atoms with van der Waals surface area (Å²) in [5.41, 5.74) is 6.07. The average molecular weight is 297 g/mol. The number of carbonyl (C=O) groups is 1. The fraction of sp³-hybridized carbons (Fsp3) is 0.941. The van der Waals surface area contributed by atoms with Crippen LogP contribution in [0.1, 0.15) is 59.3 Å². The van der Waals surface area contributed by atoms with E-state index in [-0.39, 0.29) is 35.6 Å². The number of ether oxygens (including phenoxy) is 2. The summed E-state index contributed by atoms with van der Waals surface area (Å²) in [5.74, 6) is 0.276. The fourth-order valence-electron chi connectivity index (χ4n) is 3.94. The Hall–Kier alpha value is -0.610. The molecule has 0 amide bonds. The molecule has 2 aliphatic carbocycles. The van der Waals surface area contributed by atoms with E-state index in [1.807, 2.05) is 0 Å². The van der Waals surface area contributed by atoms with Gasteiger partial charge in [-0.2, -0.15) is 0 Å². The van der Waals surface area contributed by atoms with E-state index in [2.05, 4.69) is 20.8 Å². The molecule has 0 aliphatic heterocycles. The van der Waals surface area contributed by atoms with E-state index in [4.69, 9.17) is 15.2 Å². The van der Waals surface area contributed by atoms with Gasteiger partial charge in [0, 0.05) is 19.6 Å². The molecule has 2 saturated carbocycles. The van der Waals surface area contributed by atoms with Gasteiger partial charge in [-0.05, 0) is 43.4 Å². The van der Waals surface area contributed by atoms with Gasteiger partial charge in [0.25, 0.3) is 0 Å². The first kappa shape index (κ1) is 16.8. The molecule has 0 radical (unpaired) electrons. The topological polar surface area (TPSA) is 61.5 Å². The third-order valence-corrected chi connectivity index (χ3v) is 5.98. The number of nitrogens with two attached hydrogens (primary N) is 1. The number of esters is 1. The lowest BCUT2D eigenvalue weighted by atomic mass is 9.61. The molecular formula is C17H31NO3. The number of rotatable bonds is 3. The molecule has 0 aromatic carbocycles. The maximum Gasteiger partial charge on any atom is 0.309 e. The molecule has 4 nitrogen and oxygen atoms in total. The molecule has 2 rings (SSSR count). The molecule has 2 N–H and O–H groups in total. The molecule has 122 valence electrons. The van der Waals surface area contributed by atoms with Gasteiger partial charge in [-0.1, -0.05) is 20.8 Å². The largest absolute Gasteiger partial charge is 0.462 e. The fourth-order valence-corrected chi connectivity index (χ4v) is 3.94. The van der Waals surface area contributed by atoms with Gasteiger partial charge in [0.1, 0.15) is 6.10 Å². The Kier molecular flexibility index (Phi) is 5.31. The van der Waals surface area contributed by atoms with Crippen LogP contribution >= 0.6 is 0 Å². The Morgan fingerprint density at radius 2 is 1.81 bits per heavy atom. The molecule has 5 atom stereocenters. The SMILES string of the molecule is COC1CCCC(OC(=O)C2CCC(N)C(C)C2(C)C)C1. The number of methoxy groups -OCH3 is 1. The predicted molar refractivity (Wildman–Crippen MR) is 82.8 cm³/mol. The van der Waals surface area contributed by atoms with Crippen molar-refractivity contribution in [1.29, 1.82) is 0 Å². The minimum Gasteiger partial charge on any atom is -0.462 e. The summed E-state index contributed by atoms with van der Waals surface area (Å²) in [6.45, 7) is 6.47. The lowest BCUT2D eigenvalue weighted by molar-refractivity contribution is -0.166. The standard InChI is InChI=1S/C17H31NO3/c1-11-15(18)9-8-14(17(11,2)3)16(19)21-13-7-5-6-12(10-13)20-4/h11-15H,5-10,18H2,1-4H3. The highest BCUT2D eigenvalue weighted by atomic mass is 16.5. The lowest BCUT2D eigenvalue weighted by Crippen LogP contribution is -2.50. The highest BCUT2D eigenvalue weighted by Gasteiger charge is 2.46. The summed E-state index contributed by atoms with van der Waals surface area (Å²) in [6, 6.07) is 0.191. The molecule has 0 bridgehead atoms. The smallest absolute Gasteiger partial charge is 0.309 e. The first-order valence-corrected chi connectivity index (χ1v) is 8.35. The Bertz CT molecular complexity index is 369. The summed E-state index contributed by atoms with van der Waals surface area (Å²) >= 11 is 0. The van der Waals surface area contributed by atoms with Gasteiger partial charge >= 0.3 is 5.97 Å². The molecule has 4 heteroatoms. The van der Waals surface area contributed by atoms with Gasteiger partial charge in [0.15, 0.2) is 0 Å². The van der Waals surface area contributed by atoms with Crippen molar-refractivity contribution < 1.29 is 14.3 Å². The van der Waals surface area contributed by atoms with Crippen LogP contribution in [0.5, 0.6) is 0 Å². The van der Waals surface area contributed by atoms with Crippen molar-refractivity contribution in [1.82, 2.24) is 0 Å². The van der Waals surface area contributed by atoms with Crippen LogP contribution in [-0.4, -0.2) is 31.3 Å². The third-order valence-electron chi connectivity index (χ3n) is 5.98.